The fourth-order valence-electron chi connectivity index (χ4n) is 14.7. The minimum absolute atomic E-state index is 0.165. The van der Waals surface area contributed by atoms with Gasteiger partial charge < -0.3 is 9.80 Å². The van der Waals surface area contributed by atoms with Gasteiger partial charge in [-0.25, -0.2) is 0 Å². The zero-order chi connectivity index (χ0) is 54.3. The summed E-state index contributed by atoms with van der Waals surface area (Å²) in [4.78, 5) is 4.95. The summed E-state index contributed by atoms with van der Waals surface area (Å²) < 4.78 is 2.52. The lowest BCUT2D eigenvalue weighted by Gasteiger charge is -2.34. The van der Waals surface area contributed by atoms with Gasteiger partial charge in [-0.2, -0.15) is 4.58 Å². The first kappa shape index (κ1) is 50.8. The molecule has 0 aliphatic carbocycles. The number of rotatable bonds is 12. The van der Waals surface area contributed by atoms with E-state index in [1.165, 1.54) is 116 Å². The van der Waals surface area contributed by atoms with Gasteiger partial charge in [0.05, 0.1) is 5.41 Å². The summed E-state index contributed by atoms with van der Waals surface area (Å²) >= 11 is 0. The smallest absolute Gasteiger partial charge is 0.210 e. The Kier molecular flexibility index (Phi) is 12.5. The minimum Gasteiger partial charge on any atom is -0.347 e. The molecule has 0 radical (unpaired) electrons. The molecule has 0 N–H and O–H groups in total. The van der Waals surface area contributed by atoms with E-state index in [1.807, 2.05) is 0 Å². The maximum atomic E-state index is 4.96. The van der Waals surface area contributed by atoms with Gasteiger partial charge >= 0.3 is 0 Å². The molecule has 3 aliphatic heterocycles. The van der Waals surface area contributed by atoms with E-state index in [2.05, 4.69) is 290 Å². The lowest BCUT2D eigenvalue weighted by atomic mass is 9.69. The van der Waals surface area contributed by atoms with E-state index in [0.29, 0.717) is 0 Å². The molecule has 3 aliphatic rings. The predicted molar refractivity (Wildman–Crippen MR) is 336 cm³/mol. The molecular formula is C75H74N3+. The molecule has 9 aromatic carbocycles. The minimum atomic E-state index is -0.412. The molecule has 0 saturated carbocycles. The Bertz CT molecular complexity index is 4080. The van der Waals surface area contributed by atoms with E-state index in [1.54, 1.807) is 0 Å². The standard InChI is InChI=1S/C75H74N3/c1-12-77-63-46-43-55-26-15-19-30-59(55)69(63)72(5,6)65(77)33-22-24-51(4)74(9,68-50(3)36-41-54-25-14-18-29-58(54)68)48-52-37-39-53(40-38-52)49-75(10)67(76(11)62-45-42-57-28-17-21-32-61(57)71(62)75)35-23-34-66-73(7,8)70-60-31-20-16-27-56(60)44-47-64(70)78(66)13-2/h14-47H,4,12-13,48-49H2,1-3,5-11H3/q+1. The van der Waals surface area contributed by atoms with Crippen LogP contribution >= 0.6 is 0 Å². The molecule has 2 atom stereocenters. The van der Waals surface area contributed by atoms with Crippen molar-refractivity contribution in [3.05, 3.63) is 269 Å². The SMILES string of the molecule is C=C(C=CC=C1N(CC)c2ccc3ccccc3c2C1(C)C)C(C)(Cc1ccc(CC2(C)C(=CC=CC3=[N+](CC)c4ccc5ccccc5c4C3(C)C)N(C)c3ccc4ccccc4c32)cc1)c1c(C)ccc2ccccc12. The van der Waals surface area contributed by atoms with Gasteiger partial charge in [-0.05, 0) is 167 Å². The summed E-state index contributed by atoms with van der Waals surface area (Å²) in [5.74, 6) is 0. The van der Waals surface area contributed by atoms with Gasteiger partial charge in [-0.1, -0.05) is 191 Å². The summed E-state index contributed by atoms with van der Waals surface area (Å²) in [6, 6.07) is 63.5. The highest BCUT2D eigenvalue weighted by atomic mass is 15.2. The average Bonchev–Trinajstić information content (AvgIpc) is 4.17. The van der Waals surface area contributed by atoms with Crippen molar-refractivity contribution >= 4 is 65.9 Å². The zero-order valence-corrected chi connectivity index (χ0v) is 47.5. The highest BCUT2D eigenvalue weighted by molar-refractivity contribution is 6.08. The number of aryl methyl sites for hydroxylation is 1. The maximum Gasteiger partial charge on any atom is 0.210 e. The van der Waals surface area contributed by atoms with E-state index in [0.717, 1.165) is 31.5 Å². The molecule has 0 amide bonds. The van der Waals surface area contributed by atoms with Crippen LogP contribution in [0.4, 0.5) is 17.1 Å². The Morgan fingerprint density at radius 1 is 0.564 bits per heavy atom. The average molecular weight is 1020 g/mol. The van der Waals surface area contributed by atoms with Crippen molar-refractivity contribution in [1.29, 1.82) is 0 Å². The van der Waals surface area contributed by atoms with Crippen LogP contribution in [0.5, 0.6) is 0 Å². The molecule has 9 aromatic rings. The first-order valence-corrected chi connectivity index (χ1v) is 28.4. The van der Waals surface area contributed by atoms with Crippen LogP contribution in [0.15, 0.2) is 230 Å². The molecule has 3 heteroatoms. The normalized spacial score (nSPS) is 19.4. The van der Waals surface area contributed by atoms with Gasteiger partial charge in [0, 0.05) is 70.3 Å². The second-order valence-electron chi connectivity index (χ2n) is 23.9. The molecule has 12 rings (SSSR count). The lowest BCUT2D eigenvalue weighted by Crippen LogP contribution is -2.29. The Labute approximate surface area is 463 Å². The van der Waals surface area contributed by atoms with Crippen LogP contribution in [0.25, 0.3) is 43.1 Å². The van der Waals surface area contributed by atoms with Crippen LogP contribution in [-0.2, 0) is 34.5 Å². The van der Waals surface area contributed by atoms with Crippen LogP contribution in [-0.4, -0.2) is 30.4 Å². The number of hydrogen-bond acceptors (Lipinski definition) is 2. The van der Waals surface area contributed by atoms with Gasteiger partial charge in [0.25, 0.3) is 0 Å². The summed E-state index contributed by atoms with van der Waals surface area (Å²) in [6.45, 7) is 28.0. The van der Waals surface area contributed by atoms with Crippen molar-refractivity contribution in [3.63, 3.8) is 0 Å². The van der Waals surface area contributed by atoms with Crippen molar-refractivity contribution in [2.75, 3.05) is 29.9 Å². The second-order valence-corrected chi connectivity index (χ2v) is 23.9. The monoisotopic (exact) mass is 1020 g/mol. The molecule has 2 unspecified atom stereocenters. The number of allylic oxidation sites excluding steroid dienone is 9. The Morgan fingerprint density at radius 3 is 1.72 bits per heavy atom. The quantitative estimate of drug-likeness (QED) is 0.0891. The zero-order valence-electron chi connectivity index (χ0n) is 47.5. The molecule has 388 valence electrons. The van der Waals surface area contributed by atoms with Crippen LogP contribution in [0.3, 0.4) is 0 Å². The summed E-state index contributed by atoms with van der Waals surface area (Å²) in [7, 11) is 2.26. The summed E-state index contributed by atoms with van der Waals surface area (Å²) in [5.41, 5.74) is 17.3. The Balaban J connectivity index is 0.892. The molecule has 0 saturated heterocycles. The largest absolute Gasteiger partial charge is 0.347 e. The number of fused-ring (bicyclic) bond motifs is 10. The van der Waals surface area contributed by atoms with Crippen LogP contribution in [0.1, 0.15) is 94.3 Å². The van der Waals surface area contributed by atoms with Crippen LogP contribution < -0.4 is 9.80 Å². The van der Waals surface area contributed by atoms with E-state index in [9.17, 15) is 0 Å². The van der Waals surface area contributed by atoms with Gasteiger partial charge in [0.1, 0.15) is 6.54 Å². The third-order valence-electron chi connectivity index (χ3n) is 18.5. The first-order chi connectivity index (χ1) is 37.6. The molecule has 0 bridgehead atoms. The fraction of sp³-hybridized carbons (Fsp3) is 0.240. The molecule has 78 heavy (non-hydrogen) atoms. The second kappa shape index (κ2) is 19.2. The van der Waals surface area contributed by atoms with E-state index >= 15 is 0 Å². The molecular weight excluding hydrogens is 943 g/mol. The van der Waals surface area contributed by atoms with E-state index in [-0.39, 0.29) is 16.2 Å². The van der Waals surface area contributed by atoms with Crippen molar-refractivity contribution in [1.82, 2.24) is 0 Å². The van der Waals surface area contributed by atoms with E-state index in [4.69, 9.17) is 6.58 Å². The van der Waals surface area contributed by atoms with Crippen molar-refractivity contribution < 1.29 is 4.58 Å². The van der Waals surface area contributed by atoms with E-state index < -0.39 is 5.41 Å². The topological polar surface area (TPSA) is 9.49 Å². The van der Waals surface area contributed by atoms with Gasteiger partial charge in [0.15, 0.2) is 5.71 Å². The molecule has 0 spiro atoms. The van der Waals surface area contributed by atoms with Crippen LogP contribution in [0, 0.1) is 6.92 Å². The third-order valence-corrected chi connectivity index (χ3v) is 18.5. The lowest BCUT2D eigenvalue weighted by molar-refractivity contribution is -0.433. The summed E-state index contributed by atoms with van der Waals surface area (Å²) in [6.07, 6.45) is 15.7. The maximum absolute atomic E-state index is 4.96. The van der Waals surface area contributed by atoms with Gasteiger partial charge in [0.2, 0.25) is 5.69 Å². The van der Waals surface area contributed by atoms with Gasteiger partial charge in [-0.3, -0.25) is 0 Å². The molecule has 3 heterocycles. The number of nitrogens with zero attached hydrogens (tertiary/aromatic N) is 3. The number of benzene rings is 9. The highest BCUT2D eigenvalue weighted by Crippen LogP contribution is 2.54. The Hall–Kier alpha value is -8.01. The van der Waals surface area contributed by atoms with Crippen molar-refractivity contribution in [2.24, 2.45) is 0 Å². The number of hydrogen-bond donors (Lipinski definition) is 0. The first-order valence-electron chi connectivity index (χ1n) is 28.4. The highest BCUT2D eigenvalue weighted by Gasteiger charge is 2.47. The third kappa shape index (κ3) is 7.94. The van der Waals surface area contributed by atoms with Crippen molar-refractivity contribution in [3.8, 4) is 0 Å². The van der Waals surface area contributed by atoms with Crippen LogP contribution in [0.2, 0.25) is 0 Å². The molecule has 0 fully saturated rings. The molecule has 3 nitrogen and oxygen atoms in total. The predicted octanol–water partition coefficient (Wildman–Crippen LogP) is 18.4. The fourth-order valence-corrected chi connectivity index (χ4v) is 14.7. The number of likely N-dealkylation sites (N-methyl/N-ethyl adjacent to an activating group) is 2. The van der Waals surface area contributed by atoms with Crippen molar-refractivity contribution in [2.45, 2.75) is 96.8 Å². The summed E-state index contributed by atoms with van der Waals surface area (Å²) in [5, 5.41) is 10.4. The van der Waals surface area contributed by atoms with Gasteiger partial charge in [-0.15, -0.1) is 0 Å². The number of anilines is 2. The molecule has 0 aromatic heterocycles. The Morgan fingerprint density at radius 2 is 1.09 bits per heavy atom.